The van der Waals surface area contributed by atoms with E-state index in [1.807, 2.05) is 0 Å². The predicted molar refractivity (Wildman–Crippen MR) is 80.7 cm³/mol. The number of rotatable bonds is 6. The minimum atomic E-state index is -0.708. The summed E-state index contributed by atoms with van der Waals surface area (Å²) in [6.07, 6.45) is 1.06. The first kappa shape index (κ1) is 17.4. The second-order valence-electron chi connectivity index (χ2n) is 4.83. The summed E-state index contributed by atoms with van der Waals surface area (Å²) in [5.74, 6) is -1.79. The number of nitrogens with two attached hydrogens (primary N) is 1. The van der Waals surface area contributed by atoms with Gasteiger partial charge in [-0.15, -0.1) is 0 Å². The maximum Gasteiger partial charge on any atom is 0.261 e. The van der Waals surface area contributed by atoms with Gasteiger partial charge in [-0.2, -0.15) is 0 Å². The summed E-state index contributed by atoms with van der Waals surface area (Å²) in [5.41, 5.74) is 6.87. The molecule has 1 aromatic rings. The van der Waals surface area contributed by atoms with Crippen LogP contribution in [0.25, 0.3) is 0 Å². The highest BCUT2D eigenvalue weighted by Gasteiger charge is 2.20. The smallest absolute Gasteiger partial charge is 0.261 e. The van der Waals surface area contributed by atoms with Crippen LogP contribution in [0.1, 0.15) is 35.7 Å². The van der Waals surface area contributed by atoms with E-state index in [1.54, 1.807) is 26.0 Å². The van der Waals surface area contributed by atoms with E-state index in [-0.39, 0.29) is 18.4 Å². The average Bonchev–Trinajstić information content (AvgIpc) is 2.46. The fraction of sp³-hybridized carbons (Fsp3) is 0.333. The lowest BCUT2D eigenvalue weighted by Gasteiger charge is -2.16. The lowest BCUT2D eigenvalue weighted by Crippen LogP contribution is -2.42. The monoisotopic (exact) mass is 305 g/mol. The molecular weight excluding hydrogens is 286 g/mol. The van der Waals surface area contributed by atoms with Crippen molar-refractivity contribution in [1.82, 2.24) is 10.2 Å². The Morgan fingerprint density at radius 1 is 1.27 bits per heavy atom. The van der Waals surface area contributed by atoms with Crippen LogP contribution in [0.5, 0.6) is 0 Å². The first-order valence-corrected chi connectivity index (χ1v) is 6.84. The molecule has 1 aromatic carbocycles. The zero-order chi connectivity index (χ0) is 16.7. The van der Waals surface area contributed by atoms with E-state index in [2.05, 4.69) is 5.32 Å². The van der Waals surface area contributed by atoms with Gasteiger partial charge < -0.3 is 5.73 Å². The van der Waals surface area contributed by atoms with Crippen LogP contribution in [-0.4, -0.2) is 35.6 Å². The van der Waals surface area contributed by atoms with Gasteiger partial charge in [0.2, 0.25) is 18.2 Å². The Kier molecular flexibility index (Phi) is 6.25. The van der Waals surface area contributed by atoms with Crippen molar-refractivity contribution in [3.05, 3.63) is 29.3 Å². The maximum absolute atomic E-state index is 12.3. The van der Waals surface area contributed by atoms with Crippen LogP contribution < -0.4 is 11.1 Å². The van der Waals surface area contributed by atoms with E-state index in [0.29, 0.717) is 22.6 Å². The molecule has 0 aliphatic heterocycles. The fourth-order valence-electron chi connectivity index (χ4n) is 1.82. The van der Waals surface area contributed by atoms with Crippen molar-refractivity contribution in [2.75, 3.05) is 12.3 Å². The van der Waals surface area contributed by atoms with Crippen molar-refractivity contribution >= 4 is 29.8 Å². The van der Waals surface area contributed by atoms with Gasteiger partial charge in [0, 0.05) is 17.7 Å². The molecule has 0 saturated carbocycles. The normalized spacial score (nSPS) is 9.91. The van der Waals surface area contributed by atoms with Crippen LogP contribution in [0.15, 0.2) is 18.2 Å². The molecule has 22 heavy (non-hydrogen) atoms. The molecule has 4 amide bonds. The number of hydrogen-bond donors (Lipinski definition) is 2. The standard InChI is InChI=1S/C15H19N3O4/c1-3-4-13(20)17-14(21)8-18(9-19)15(22)12-7-11(16)6-5-10(12)2/h5-7,9H,3-4,8,16H2,1-2H3,(H,17,20,21). The molecule has 3 N–H and O–H groups in total. The van der Waals surface area contributed by atoms with Crippen LogP contribution in [0.4, 0.5) is 5.69 Å². The van der Waals surface area contributed by atoms with Crippen molar-refractivity contribution in [3.63, 3.8) is 0 Å². The summed E-state index contributed by atoms with van der Waals surface area (Å²) in [4.78, 5) is 47.0. The Morgan fingerprint density at radius 2 is 1.95 bits per heavy atom. The lowest BCUT2D eigenvalue weighted by molar-refractivity contribution is -0.132. The second kappa shape index (κ2) is 7.92. The molecule has 0 heterocycles. The Balaban J connectivity index is 2.81. The third kappa shape index (κ3) is 4.69. The molecule has 0 bridgehead atoms. The molecule has 0 aromatic heterocycles. The molecule has 7 heteroatoms. The molecule has 0 aliphatic carbocycles. The molecule has 0 radical (unpaired) electrons. The highest BCUT2D eigenvalue weighted by atomic mass is 16.2. The number of nitrogen functional groups attached to an aromatic ring is 1. The van der Waals surface area contributed by atoms with Gasteiger partial charge in [-0.1, -0.05) is 13.0 Å². The number of benzene rings is 1. The Bertz CT molecular complexity index is 598. The number of hydrogen-bond acceptors (Lipinski definition) is 5. The second-order valence-corrected chi connectivity index (χ2v) is 4.83. The molecular formula is C15H19N3O4. The van der Waals surface area contributed by atoms with E-state index in [0.717, 1.165) is 0 Å². The van der Waals surface area contributed by atoms with Crippen molar-refractivity contribution in [2.24, 2.45) is 0 Å². The molecule has 0 unspecified atom stereocenters. The van der Waals surface area contributed by atoms with Gasteiger partial charge in [0.15, 0.2) is 0 Å². The van der Waals surface area contributed by atoms with Crippen molar-refractivity contribution in [2.45, 2.75) is 26.7 Å². The zero-order valence-electron chi connectivity index (χ0n) is 12.6. The third-order valence-corrected chi connectivity index (χ3v) is 2.95. The number of nitrogens with one attached hydrogen (secondary N) is 1. The summed E-state index contributed by atoms with van der Waals surface area (Å²) >= 11 is 0. The Morgan fingerprint density at radius 3 is 2.55 bits per heavy atom. The summed E-state index contributed by atoms with van der Waals surface area (Å²) in [7, 11) is 0. The van der Waals surface area contributed by atoms with E-state index in [1.165, 1.54) is 6.07 Å². The number of carbonyl (C=O) groups is 4. The van der Waals surface area contributed by atoms with Crippen LogP contribution in [0.2, 0.25) is 0 Å². The highest BCUT2D eigenvalue weighted by molar-refractivity contribution is 6.05. The first-order valence-electron chi connectivity index (χ1n) is 6.84. The van der Waals surface area contributed by atoms with Gasteiger partial charge in [-0.25, -0.2) is 0 Å². The number of aryl methyl sites for hydroxylation is 1. The quantitative estimate of drug-likeness (QED) is 0.591. The molecule has 1 rings (SSSR count). The van der Waals surface area contributed by atoms with Crippen LogP contribution in [0, 0.1) is 6.92 Å². The molecule has 0 fully saturated rings. The van der Waals surface area contributed by atoms with Gasteiger partial charge in [-0.05, 0) is 31.0 Å². The molecule has 0 spiro atoms. The number of imide groups is 2. The topological polar surface area (TPSA) is 110 Å². The van der Waals surface area contributed by atoms with Gasteiger partial charge in [0.25, 0.3) is 5.91 Å². The summed E-state index contributed by atoms with van der Waals surface area (Å²) in [6, 6.07) is 4.72. The molecule has 0 atom stereocenters. The summed E-state index contributed by atoms with van der Waals surface area (Å²) in [6.45, 7) is 2.97. The molecule has 0 saturated heterocycles. The molecule has 7 nitrogen and oxygen atoms in total. The summed E-state index contributed by atoms with van der Waals surface area (Å²) < 4.78 is 0. The average molecular weight is 305 g/mol. The van der Waals surface area contributed by atoms with Gasteiger partial charge in [0.1, 0.15) is 6.54 Å². The molecule has 0 aliphatic rings. The van der Waals surface area contributed by atoms with Crippen molar-refractivity contribution in [1.29, 1.82) is 0 Å². The molecule has 118 valence electrons. The lowest BCUT2D eigenvalue weighted by atomic mass is 10.1. The van der Waals surface area contributed by atoms with Gasteiger partial charge >= 0.3 is 0 Å². The van der Waals surface area contributed by atoms with Gasteiger partial charge in [-0.3, -0.25) is 29.4 Å². The maximum atomic E-state index is 12.3. The van der Waals surface area contributed by atoms with Crippen molar-refractivity contribution < 1.29 is 19.2 Å². The van der Waals surface area contributed by atoms with E-state index in [4.69, 9.17) is 5.73 Å². The van der Waals surface area contributed by atoms with Crippen molar-refractivity contribution in [3.8, 4) is 0 Å². The first-order chi connectivity index (χ1) is 10.4. The minimum Gasteiger partial charge on any atom is -0.399 e. The SMILES string of the molecule is CCCC(=O)NC(=O)CN(C=O)C(=O)c1cc(N)ccc1C. The summed E-state index contributed by atoms with van der Waals surface area (Å²) in [5, 5.41) is 2.12. The predicted octanol–water partition coefficient (Wildman–Crippen LogP) is 0.619. The minimum absolute atomic E-state index is 0.203. The van der Waals surface area contributed by atoms with E-state index < -0.39 is 24.3 Å². The van der Waals surface area contributed by atoms with E-state index >= 15 is 0 Å². The fourth-order valence-corrected chi connectivity index (χ4v) is 1.82. The van der Waals surface area contributed by atoms with E-state index in [9.17, 15) is 19.2 Å². The van der Waals surface area contributed by atoms with Crippen LogP contribution in [0.3, 0.4) is 0 Å². The Labute approximate surface area is 128 Å². The number of nitrogens with zero attached hydrogens (tertiary/aromatic N) is 1. The highest BCUT2D eigenvalue weighted by Crippen LogP contribution is 2.14. The largest absolute Gasteiger partial charge is 0.399 e. The van der Waals surface area contributed by atoms with Crippen LogP contribution >= 0.6 is 0 Å². The number of anilines is 1. The van der Waals surface area contributed by atoms with Crippen LogP contribution in [-0.2, 0) is 14.4 Å². The zero-order valence-corrected chi connectivity index (χ0v) is 12.6. The number of amides is 4. The number of carbonyl (C=O) groups excluding carboxylic acids is 4. The third-order valence-electron chi connectivity index (χ3n) is 2.95. The Hall–Kier alpha value is -2.70. The van der Waals surface area contributed by atoms with Gasteiger partial charge in [0.05, 0.1) is 0 Å².